The van der Waals surface area contributed by atoms with Crippen molar-refractivity contribution in [3.8, 4) is 0 Å². The van der Waals surface area contributed by atoms with Crippen molar-refractivity contribution in [2.45, 2.75) is 38.6 Å². The van der Waals surface area contributed by atoms with E-state index in [0.717, 1.165) is 32.2 Å². The van der Waals surface area contributed by atoms with Crippen molar-refractivity contribution in [2.75, 3.05) is 19.6 Å². The minimum Gasteiger partial charge on any atom is -0.331 e. The minimum atomic E-state index is -0.197. The average Bonchev–Trinajstić information content (AvgIpc) is 2.51. The Balaban J connectivity index is 1.67. The molecule has 1 unspecified atom stereocenters. The van der Waals surface area contributed by atoms with Gasteiger partial charge in [0.1, 0.15) is 6.04 Å². The average molecular weight is 286 g/mol. The van der Waals surface area contributed by atoms with Gasteiger partial charge < -0.3 is 9.80 Å². The monoisotopic (exact) mass is 286 g/mol. The fraction of sp³-hybridized carbons (Fsp3) is 0.529. The first kappa shape index (κ1) is 14.1. The van der Waals surface area contributed by atoms with Gasteiger partial charge in [-0.05, 0) is 43.7 Å². The number of amides is 2. The molecule has 0 bridgehead atoms. The molecule has 2 amide bonds. The number of piperidine rings is 1. The van der Waals surface area contributed by atoms with Gasteiger partial charge in [0, 0.05) is 13.1 Å². The Morgan fingerprint density at radius 1 is 1.19 bits per heavy atom. The fourth-order valence-electron chi connectivity index (χ4n) is 3.36. The molecule has 2 heterocycles. The van der Waals surface area contributed by atoms with Crippen molar-refractivity contribution in [1.29, 1.82) is 0 Å². The SMILES string of the molecule is Cc1ccccc1CCN1CC(=O)N2CCCCC2C1=O. The Hall–Kier alpha value is -1.84. The van der Waals surface area contributed by atoms with Crippen molar-refractivity contribution >= 4 is 11.8 Å². The van der Waals surface area contributed by atoms with Gasteiger partial charge in [0.05, 0.1) is 6.54 Å². The first-order valence-electron chi connectivity index (χ1n) is 7.79. The Morgan fingerprint density at radius 3 is 2.81 bits per heavy atom. The third kappa shape index (κ3) is 2.80. The van der Waals surface area contributed by atoms with E-state index in [4.69, 9.17) is 0 Å². The molecule has 2 saturated heterocycles. The molecule has 2 fully saturated rings. The molecule has 4 nitrogen and oxygen atoms in total. The topological polar surface area (TPSA) is 40.6 Å². The van der Waals surface area contributed by atoms with Crippen LogP contribution >= 0.6 is 0 Å². The number of piperazine rings is 1. The Kier molecular flexibility index (Phi) is 3.95. The lowest BCUT2D eigenvalue weighted by atomic mass is 9.98. The molecule has 0 saturated carbocycles. The molecule has 0 aliphatic carbocycles. The molecule has 2 aliphatic rings. The number of carbonyl (C=O) groups excluding carboxylic acids is 2. The zero-order valence-electron chi connectivity index (χ0n) is 12.5. The Morgan fingerprint density at radius 2 is 2.00 bits per heavy atom. The van der Waals surface area contributed by atoms with E-state index in [1.165, 1.54) is 11.1 Å². The van der Waals surface area contributed by atoms with Crippen LogP contribution in [0.5, 0.6) is 0 Å². The first-order valence-corrected chi connectivity index (χ1v) is 7.79. The standard InChI is InChI=1S/C17H22N2O2/c1-13-6-2-3-7-14(13)9-11-18-12-16(20)19-10-5-4-8-15(19)17(18)21/h2-3,6-7,15H,4-5,8-12H2,1H3. The molecule has 112 valence electrons. The normalized spacial score (nSPS) is 22.4. The van der Waals surface area contributed by atoms with Crippen molar-refractivity contribution in [3.05, 3.63) is 35.4 Å². The Bertz CT molecular complexity index is 555. The summed E-state index contributed by atoms with van der Waals surface area (Å²) in [5.41, 5.74) is 2.50. The van der Waals surface area contributed by atoms with Gasteiger partial charge in [-0.25, -0.2) is 0 Å². The molecule has 4 heteroatoms. The van der Waals surface area contributed by atoms with E-state index in [0.29, 0.717) is 6.54 Å². The highest BCUT2D eigenvalue weighted by molar-refractivity contribution is 5.95. The number of benzene rings is 1. The zero-order chi connectivity index (χ0) is 14.8. The number of fused-ring (bicyclic) bond motifs is 1. The summed E-state index contributed by atoms with van der Waals surface area (Å²) in [4.78, 5) is 28.3. The first-order chi connectivity index (χ1) is 10.2. The molecule has 0 spiro atoms. The van der Waals surface area contributed by atoms with E-state index in [1.807, 2.05) is 12.1 Å². The molecule has 0 aromatic heterocycles. The van der Waals surface area contributed by atoms with Crippen LogP contribution in [0.3, 0.4) is 0 Å². The smallest absolute Gasteiger partial charge is 0.245 e. The lowest BCUT2D eigenvalue weighted by molar-refractivity contribution is -0.157. The zero-order valence-corrected chi connectivity index (χ0v) is 12.5. The van der Waals surface area contributed by atoms with Crippen LogP contribution in [-0.2, 0) is 16.0 Å². The van der Waals surface area contributed by atoms with Crippen molar-refractivity contribution in [1.82, 2.24) is 9.80 Å². The number of nitrogens with zero attached hydrogens (tertiary/aromatic N) is 2. The number of rotatable bonds is 3. The third-order valence-electron chi connectivity index (χ3n) is 4.66. The molecule has 1 aromatic carbocycles. The van der Waals surface area contributed by atoms with Gasteiger partial charge in [0.15, 0.2) is 0 Å². The molecule has 0 radical (unpaired) electrons. The lowest BCUT2D eigenvalue weighted by Crippen LogP contribution is -2.61. The van der Waals surface area contributed by atoms with Gasteiger partial charge >= 0.3 is 0 Å². The number of aryl methyl sites for hydroxylation is 1. The van der Waals surface area contributed by atoms with Crippen LogP contribution in [-0.4, -0.2) is 47.3 Å². The second-order valence-corrected chi connectivity index (χ2v) is 6.03. The summed E-state index contributed by atoms with van der Waals surface area (Å²) in [7, 11) is 0. The van der Waals surface area contributed by atoms with E-state index in [2.05, 4.69) is 19.1 Å². The quantitative estimate of drug-likeness (QED) is 0.849. The predicted octanol–water partition coefficient (Wildman–Crippen LogP) is 1.76. The van der Waals surface area contributed by atoms with Gasteiger partial charge in [-0.2, -0.15) is 0 Å². The van der Waals surface area contributed by atoms with Crippen LogP contribution in [0.25, 0.3) is 0 Å². The maximum Gasteiger partial charge on any atom is 0.245 e. The second-order valence-electron chi connectivity index (χ2n) is 6.03. The molecule has 1 atom stereocenters. The molecule has 21 heavy (non-hydrogen) atoms. The van der Waals surface area contributed by atoms with Crippen LogP contribution in [0.15, 0.2) is 24.3 Å². The van der Waals surface area contributed by atoms with Gasteiger partial charge in [-0.15, -0.1) is 0 Å². The maximum absolute atomic E-state index is 12.5. The van der Waals surface area contributed by atoms with Gasteiger partial charge in [-0.1, -0.05) is 24.3 Å². The van der Waals surface area contributed by atoms with Crippen molar-refractivity contribution in [2.24, 2.45) is 0 Å². The van der Waals surface area contributed by atoms with E-state index < -0.39 is 0 Å². The fourth-order valence-corrected chi connectivity index (χ4v) is 3.36. The van der Waals surface area contributed by atoms with E-state index in [1.54, 1.807) is 9.80 Å². The molecular weight excluding hydrogens is 264 g/mol. The van der Waals surface area contributed by atoms with Crippen LogP contribution in [0.4, 0.5) is 0 Å². The number of hydrogen-bond acceptors (Lipinski definition) is 2. The molecule has 3 rings (SSSR count). The largest absolute Gasteiger partial charge is 0.331 e. The van der Waals surface area contributed by atoms with Crippen LogP contribution < -0.4 is 0 Å². The van der Waals surface area contributed by atoms with Crippen LogP contribution in [0.2, 0.25) is 0 Å². The number of hydrogen-bond donors (Lipinski definition) is 0. The van der Waals surface area contributed by atoms with Crippen LogP contribution in [0.1, 0.15) is 30.4 Å². The summed E-state index contributed by atoms with van der Waals surface area (Å²) >= 11 is 0. The molecule has 2 aliphatic heterocycles. The van der Waals surface area contributed by atoms with E-state index in [-0.39, 0.29) is 24.4 Å². The number of carbonyl (C=O) groups is 2. The summed E-state index contributed by atoms with van der Waals surface area (Å²) in [6.45, 7) is 3.73. The van der Waals surface area contributed by atoms with Gasteiger partial charge in [0.2, 0.25) is 11.8 Å². The predicted molar refractivity (Wildman–Crippen MR) is 80.8 cm³/mol. The Labute approximate surface area is 125 Å². The third-order valence-corrected chi connectivity index (χ3v) is 4.66. The van der Waals surface area contributed by atoms with Crippen molar-refractivity contribution in [3.63, 3.8) is 0 Å². The van der Waals surface area contributed by atoms with E-state index >= 15 is 0 Å². The van der Waals surface area contributed by atoms with Crippen molar-refractivity contribution < 1.29 is 9.59 Å². The minimum absolute atomic E-state index is 0.115. The van der Waals surface area contributed by atoms with E-state index in [9.17, 15) is 9.59 Å². The van der Waals surface area contributed by atoms with Gasteiger partial charge in [0.25, 0.3) is 0 Å². The summed E-state index contributed by atoms with van der Waals surface area (Å²) in [6, 6.07) is 8.03. The van der Waals surface area contributed by atoms with Crippen LogP contribution in [0, 0.1) is 6.92 Å². The highest BCUT2D eigenvalue weighted by Gasteiger charge is 2.39. The highest BCUT2D eigenvalue weighted by atomic mass is 16.2. The highest BCUT2D eigenvalue weighted by Crippen LogP contribution is 2.23. The lowest BCUT2D eigenvalue weighted by Gasteiger charge is -2.42. The maximum atomic E-state index is 12.5. The molecule has 0 N–H and O–H groups in total. The summed E-state index contributed by atoms with van der Waals surface area (Å²) in [6.07, 6.45) is 3.72. The second kappa shape index (κ2) is 5.88. The summed E-state index contributed by atoms with van der Waals surface area (Å²) < 4.78 is 0. The summed E-state index contributed by atoms with van der Waals surface area (Å²) in [5, 5.41) is 0. The summed E-state index contributed by atoms with van der Waals surface area (Å²) in [5.74, 6) is 0.256. The molecular formula is C17H22N2O2. The molecule has 1 aromatic rings. The van der Waals surface area contributed by atoms with Gasteiger partial charge in [-0.3, -0.25) is 9.59 Å².